The standard InChI is InChI=1S/C41H27N5O2.Pd.Pt/c1-2-9-28-26-44-41(45-27-28)46-39-24-33(47-31-12-7-10-29(22-31)37-14-3-5-20-42-37)16-18-35(39)36-19-17-34(25-40(36)46)48-32-13-8-11-30(23-32)38-15-4-6-21-43-38;;/h3-8,10-21,26-27H,2,9H2,1H3;;/q-4;2*+2. The van der Waals surface area contributed by atoms with Crippen LogP contribution in [0.1, 0.15) is 18.9 Å². The number of aromatic nitrogens is 5. The molecule has 0 aliphatic carbocycles. The van der Waals surface area contributed by atoms with Gasteiger partial charge in [0.1, 0.15) is 0 Å². The number of aryl methyl sites for hydroxylation is 1. The van der Waals surface area contributed by atoms with Crippen LogP contribution in [0.2, 0.25) is 0 Å². The summed E-state index contributed by atoms with van der Waals surface area (Å²) in [5.74, 6) is 2.68. The van der Waals surface area contributed by atoms with E-state index in [1.165, 1.54) is 0 Å². The van der Waals surface area contributed by atoms with Crippen LogP contribution in [0.4, 0.5) is 0 Å². The second-order valence-electron chi connectivity index (χ2n) is 11.1. The molecule has 0 atom stereocenters. The molecule has 8 rings (SSSR count). The van der Waals surface area contributed by atoms with E-state index < -0.39 is 0 Å². The predicted molar refractivity (Wildman–Crippen MR) is 185 cm³/mol. The molecule has 7 nitrogen and oxygen atoms in total. The van der Waals surface area contributed by atoms with E-state index in [2.05, 4.69) is 41.2 Å². The molecule has 50 heavy (non-hydrogen) atoms. The summed E-state index contributed by atoms with van der Waals surface area (Å²) >= 11 is 0. The average Bonchev–Trinajstić information content (AvgIpc) is 3.46. The Hall–Kier alpha value is -4.99. The van der Waals surface area contributed by atoms with Crippen molar-refractivity contribution in [2.75, 3.05) is 0 Å². The first-order valence-electron chi connectivity index (χ1n) is 15.7. The predicted octanol–water partition coefficient (Wildman–Crippen LogP) is 9.43. The number of rotatable bonds is 9. The maximum atomic E-state index is 6.30. The quantitative estimate of drug-likeness (QED) is 0.106. The molecule has 0 aliphatic heterocycles. The summed E-state index contributed by atoms with van der Waals surface area (Å²) < 4.78 is 14.5. The molecule has 0 fully saturated rings. The molecule has 0 aliphatic rings. The molecular weight excluding hydrogens is 896 g/mol. The second-order valence-corrected chi connectivity index (χ2v) is 11.1. The summed E-state index contributed by atoms with van der Waals surface area (Å²) in [6, 6.07) is 44.5. The summed E-state index contributed by atoms with van der Waals surface area (Å²) in [6.45, 7) is 2.14. The van der Waals surface area contributed by atoms with Gasteiger partial charge in [0.15, 0.2) is 0 Å². The Morgan fingerprint density at radius 2 is 1.06 bits per heavy atom. The number of hydrogen-bond donors (Lipinski definition) is 0. The van der Waals surface area contributed by atoms with Gasteiger partial charge in [-0.15, -0.1) is 71.8 Å². The SMILES string of the molecule is CCCc1cnc(-n2c3[c-]c(Oc4[c-]c(-c5ccccn5)ccc4)ccc3c3ccc(Oc4[c-]c(-c5ccccn5)ccc4)[c-]c32)nc1.[Pd+2].[Pt+2]. The van der Waals surface area contributed by atoms with Gasteiger partial charge in [-0.05, 0) is 35.5 Å². The van der Waals surface area contributed by atoms with Gasteiger partial charge in [-0.2, -0.15) is 22.9 Å². The largest absolute Gasteiger partial charge is 2.00 e. The Morgan fingerprint density at radius 3 is 1.52 bits per heavy atom. The molecule has 4 aromatic heterocycles. The number of nitrogens with zero attached hydrogens (tertiary/aromatic N) is 5. The van der Waals surface area contributed by atoms with Crippen LogP contribution >= 0.6 is 0 Å². The second kappa shape index (κ2) is 15.7. The van der Waals surface area contributed by atoms with Crippen molar-refractivity contribution in [3.8, 4) is 51.5 Å². The zero-order chi connectivity index (χ0) is 32.3. The molecule has 0 radical (unpaired) electrons. The Labute approximate surface area is 318 Å². The van der Waals surface area contributed by atoms with Gasteiger partial charge in [-0.3, -0.25) is 0 Å². The van der Waals surface area contributed by atoms with Crippen molar-refractivity contribution in [2.45, 2.75) is 19.8 Å². The first-order valence-corrected chi connectivity index (χ1v) is 15.7. The van der Waals surface area contributed by atoms with E-state index in [1.807, 2.05) is 114 Å². The van der Waals surface area contributed by atoms with Crippen molar-refractivity contribution >= 4 is 21.8 Å². The zero-order valence-electron chi connectivity index (χ0n) is 26.6. The van der Waals surface area contributed by atoms with Crippen LogP contribution in [-0.2, 0) is 47.9 Å². The van der Waals surface area contributed by atoms with Crippen molar-refractivity contribution in [3.05, 3.63) is 152 Å². The third kappa shape index (κ3) is 7.29. The van der Waals surface area contributed by atoms with Crippen LogP contribution in [0.25, 0.3) is 50.3 Å². The first-order chi connectivity index (χ1) is 23.7. The van der Waals surface area contributed by atoms with E-state index in [4.69, 9.17) is 19.4 Å². The molecule has 8 aromatic rings. The van der Waals surface area contributed by atoms with E-state index in [-0.39, 0.29) is 41.5 Å². The molecular formula is C41H27N5O2PdPt. The summed E-state index contributed by atoms with van der Waals surface area (Å²) in [5.41, 5.74) is 5.91. The van der Waals surface area contributed by atoms with Gasteiger partial charge in [0.05, 0.1) is 0 Å². The summed E-state index contributed by atoms with van der Waals surface area (Å²) in [4.78, 5) is 18.4. The van der Waals surface area contributed by atoms with Gasteiger partial charge in [-0.25, -0.2) is 9.97 Å². The van der Waals surface area contributed by atoms with E-state index >= 15 is 0 Å². The smallest absolute Gasteiger partial charge is 0.503 e. The van der Waals surface area contributed by atoms with Gasteiger partial charge in [0, 0.05) is 47.8 Å². The fourth-order valence-electron chi connectivity index (χ4n) is 5.62. The van der Waals surface area contributed by atoms with Crippen LogP contribution in [0.3, 0.4) is 0 Å². The fourth-order valence-corrected chi connectivity index (χ4v) is 5.62. The maximum absolute atomic E-state index is 6.30. The van der Waals surface area contributed by atoms with E-state index in [0.717, 1.165) is 62.7 Å². The first kappa shape index (κ1) is 34.9. The number of benzene rings is 4. The van der Waals surface area contributed by atoms with Gasteiger partial charge in [-0.1, -0.05) is 60.8 Å². The molecule has 248 valence electrons. The van der Waals surface area contributed by atoms with Gasteiger partial charge >= 0.3 is 41.5 Å². The Morgan fingerprint density at radius 1 is 0.560 bits per heavy atom. The van der Waals surface area contributed by atoms with Crippen molar-refractivity contribution in [1.82, 2.24) is 24.5 Å². The third-order valence-electron chi connectivity index (χ3n) is 7.82. The van der Waals surface area contributed by atoms with Crippen molar-refractivity contribution in [1.29, 1.82) is 0 Å². The zero-order valence-corrected chi connectivity index (χ0v) is 30.5. The molecule has 0 unspecified atom stereocenters. The fraction of sp³-hybridized carbons (Fsp3) is 0.0732. The monoisotopic (exact) mass is 922 g/mol. The van der Waals surface area contributed by atoms with E-state index in [9.17, 15) is 0 Å². The number of fused-ring (bicyclic) bond motifs is 3. The molecule has 0 spiro atoms. The van der Waals surface area contributed by atoms with E-state index in [0.29, 0.717) is 28.9 Å². The molecule has 0 saturated heterocycles. The van der Waals surface area contributed by atoms with Crippen LogP contribution in [0.5, 0.6) is 23.0 Å². The van der Waals surface area contributed by atoms with Crippen LogP contribution in [0.15, 0.2) is 122 Å². The van der Waals surface area contributed by atoms with E-state index in [1.54, 1.807) is 12.4 Å². The minimum atomic E-state index is 0. The number of pyridine rings is 2. The molecule has 4 heterocycles. The molecule has 0 saturated carbocycles. The minimum Gasteiger partial charge on any atom is -0.503 e. The van der Waals surface area contributed by atoms with Gasteiger partial charge in [0.2, 0.25) is 5.95 Å². The van der Waals surface area contributed by atoms with Crippen molar-refractivity contribution < 1.29 is 51.0 Å². The molecule has 0 amide bonds. The summed E-state index contributed by atoms with van der Waals surface area (Å²) in [6.07, 6.45) is 9.20. The number of hydrogen-bond acceptors (Lipinski definition) is 6. The molecule has 0 bridgehead atoms. The average molecular weight is 923 g/mol. The Balaban J connectivity index is 0.00000216. The maximum Gasteiger partial charge on any atom is 2.00 e. The van der Waals surface area contributed by atoms with Gasteiger partial charge in [0.25, 0.3) is 0 Å². The van der Waals surface area contributed by atoms with Crippen LogP contribution in [0, 0.1) is 24.3 Å². The van der Waals surface area contributed by atoms with Crippen molar-refractivity contribution in [2.24, 2.45) is 0 Å². The Kier molecular flexibility index (Phi) is 10.9. The molecule has 4 aromatic carbocycles. The molecule has 9 heteroatoms. The van der Waals surface area contributed by atoms with Gasteiger partial charge < -0.3 is 24.0 Å². The topological polar surface area (TPSA) is 75.0 Å². The summed E-state index contributed by atoms with van der Waals surface area (Å²) in [5, 5.41) is 1.91. The third-order valence-corrected chi connectivity index (χ3v) is 7.82. The number of ether oxygens (including phenoxy) is 2. The Bertz CT molecular complexity index is 2230. The van der Waals surface area contributed by atoms with Crippen LogP contribution in [-0.4, -0.2) is 24.5 Å². The molecule has 0 N–H and O–H groups in total. The van der Waals surface area contributed by atoms with Crippen molar-refractivity contribution in [3.63, 3.8) is 0 Å². The minimum absolute atomic E-state index is 0. The normalized spacial score (nSPS) is 10.7. The van der Waals surface area contributed by atoms with Crippen LogP contribution < -0.4 is 9.47 Å². The summed E-state index contributed by atoms with van der Waals surface area (Å²) in [7, 11) is 0.